The standard InChI is InChI=1S/C25H24N2O5S/c1-16(28)17-6-9-19(10-7-17)32-15-25(29)27-21(14-20(26-27)24-5-4-12-33-24)18-8-11-22(30-2)23(13-18)31-3/h4-13,21H,14-15H2,1-3H3. The van der Waals surface area contributed by atoms with Crippen LogP contribution in [0.3, 0.4) is 0 Å². The van der Waals surface area contributed by atoms with Crippen molar-refractivity contribution in [3.63, 3.8) is 0 Å². The van der Waals surface area contributed by atoms with Crippen LogP contribution in [0, 0.1) is 0 Å². The SMILES string of the molecule is COc1ccc(C2CC(c3cccs3)=NN2C(=O)COc2ccc(C(C)=O)cc2)cc1OC. The van der Waals surface area contributed by atoms with Gasteiger partial charge >= 0.3 is 0 Å². The van der Waals surface area contributed by atoms with Crippen molar-refractivity contribution in [1.29, 1.82) is 0 Å². The van der Waals surface area contributed by atoms with Gasteiger partial charge in [-0.2, -0.15) is 5.10 Å². The highest BCUT2D eigenvalue weighted by Gasteiger charge is 2.34. The lowest BCUT2D eigenvalue weighted by Crippen LogP contribution is -2.31. The molecule has 1 amide bonds. The van der Waals surface area contributed by atoms with Crippen LogP contribution in [0.15, 0.2) is 65.1 Å². The minimum Gasteiger partial charge on any atom is -0.493 e. The van der Waals surface area contributed by atoms with Crippen molar-refractivity contribution < 1.29 is 23.8 Å². The van der Waals surface area contributed by atoms with Gasteiger partial charge in [-0.3, -0.25) is 9.59 Å². The molecule has 1 aromatic heterocycles. The van der Waals surface area contributed by atoms with E-state index in [-0.39, 0.29) is 24.3 Å². The molecule has 0 spiro atoms. The molecule has 170 valence electrons. The van der Waals surface area contributed by atoms with E-state index in [2.05, 4.69) is 5.10 Å². The molecule has 0 N–H and O–H groups in total. The van der Waals surface area contributed by atoms with Gasteiger partial charge in [0.05, 0.1) is 30.9 Å². The quantitative estimate of drug-likeness (QED) is 0.451. The first-order chi connectivity index (χ1) is 16.0. The topological polar surface area (TPSA) is 77.4 Å². The zero-order valence-corrected chi connectivity index (χ0v) is 19.4. The molecule has 0 saturated heterocycles. The van der Waals surface area contributed by atoms with Crippen molar-refractivity contribution in [2.24, 2.45) is 5.10 Å². The van der Waals surface area contributed by atoms with Crippen molar-refractivity contribution in [3.05, 3.63) is 76.0 Å². The Kier molecular flexibility index (Phi) is 6.74. The maximum atomic E-state index is 13.2. The summed E-state index contributed by atoms with van der Waals surface area (Å²) in [5.41, 5.74) is 2.33. The van der Waals surface area contributed by atoms with Crippen LogP contribution in [0.2, 0.25) is 0 Å². The molecule has 7 nitrogen and oxygen atoms in total. The molecule has 1 aliphatic heterocycles. The first kappa shape index (κ1) is 22.5. The van der Waals surface area contributed by atoms with Gasteiger partial charge in [0.1, 0.15) is 5.75 Å². The average Bonchev–Trinajstić information content (AvgIpc) is 3.52. The van der Waals surface area contributed by atoms with Gasteiger partial charge in [-0.1, -0.05) is 12.1 Å². The number of Topliss-reactive ketones (excluding diaryl/α,β-unsaturated/α-hetero) is 1. The highest BCUT2D eigenvalue weighted by atomic mass is 32.1. The number of ether oxygens (including phenoxy) is 3. The molecule has 0 fully saturated rings. The number of carbonyl (C=O) groups excluding carboxylic acids is 2. The van der Waals surface area contributed by atoms with E-state index in [0.717, 1.165) is 16.2 Å². The van der Waals surface area contributed by atoms with Crippen LogP contribution < -0.4 is 14.2 Å². The van der Waals surface area contributed by atoms with E-state index in [1.807, 2.05) is 35.7 Å². The van der Waals surface area contributed by atoms with Crippen molar-refractivity contribution in [3.8, 4) is 17.2 Å². The number of methoxy groups -OCH3 is 2. The van der Waals surface area contributed by atoms with Gasteiger partial charge in [0, 0.05) is 12.0 Å². The van der Waals surface area contributed by atoms with E-state index in [1.54, 1.807) is 49.8 Å². The fourth-order valence-electron chi connectivity index (χ4n) is 3.65. The molecule has 1 atom stereocenters. The Labute approximate surface area is 196 Å². The molecule has 0 radical (unpaired) electrons. The van der Waals surface area contributed by atoms with Crippen molar-refractivity contribution in [1.82, 2.24) is 5.01 Å². The Morgan fingerprint density at radius 2 is 1.82 bits per heavy atom. The summed E-state index contributed by atoms with van der Waals surface area (Å²) in [6, 6.07) is 16.0. The zero-order valence-electron chi connectivity index (χ0n) is 18.6. The lowest BCUT2D eigenvalue weighted by molar-refractivity contribution is -0.135. The number of thiophene rings is 1. The van der Waals surface area contributed by atoms with Crippen LogP contribution in [-0.2, 0) is 4.79 Å². The third-order valence-electron chi connectivity index (χ3n) is 5.39. The molecule has 2 aromatic carbocycles. The second-order valence-electron chi connectivity index (χ2n) is 7.47. The van der Waals surface area contributed by atoms with Crippen LogP contribution in [-0.4, -0.2) is 43.2 Å². The number of amides is 1. The maximum Gasteiger partial charge on any atom is 0.281 e. The monoisotopic (exact) mass is 464 g/mol. The molecule has 2 heterocycles. The van der Waals surface area contributed by atoms with Crippen LogP contribution in [0.5, 0.6) is 17.2 Å². The van der Waals surface area contributed by atoms with E-state index in [4.69, 9.17) is 14.2 Å². The number of rotatable bonds is 8. The summed E-state index contributed by atoms with van der Waals surface area (Å²) in [5, 5.41) is 8.12. The summed E-state index contributed by atoms with van der Waals surface area (Å²) in [6.45, 7) is 1.33. The zero-order chi connectivity index (χ0) is 23.4. The number of carbonyl (C=O) groups is 2. The second kappa shape index (κ2) is 9.87. The van der Waals surface area contributed by atoms with E-state index in [1.165, 1.54) is 11.9 Å². The van der Waals surface area contributed by atoms with Gasteiger partial charge in [-0.05, 0) is 60.3 Å². The molecule has 1 aliphatic rings. The Morgan fingerprint density at radius 3 is 2.45 bits per heavy atom. The number of ketones is 1. The number of hydrogen-bond donors (Lipinski definition) is 0. The van der Waals surface area contributed by atoms with Gasteiger partial charge in [0.2, 0.25) is 0 Å². The average molecular weight is 465 g/mol. The van der Waals surface area contributed by atoms with Crippen LogP contribution >= 0.6 is 11.3 Å². The fourth-order valence-corrected chi connectivity index (χ4v) is 4.37. The lowest BCUT2D eigenvalue weighted by atomic mass is 10.0. The lowest BCUT2D eigenvalue weighted by Gasteiger charge is -2.23. The Bertz CT molecular complexity index is 1170. The second-order valence-corrected chi connectivity index (χ2v) is 8.41. The highest BCUT2D eigenvalue weighted by Crippen LogP contribution is 2.37. The Balaban J connectivity index is 1.56. The van der Waals surface area contributed by atoms with Crippen molar-refractivity contribution >= 4 is 28.7 Å². The summed E-state index contributed by atoms with van der Waals surface area (Å²) < 4.78 is 16.5. The van der Waals surface area contributed by atoms with Crippen molar-refractivity contribution in [2.45, 2.75) is 19.4 Å². The van der Waals surface area contributed by atoms with Gasteiger partial charge < -0.3 is 14.2 Å². The first-order valence-corrected chi connectivity index (χ1v) is 11.3. The number of hydrogen-bond acceptors (Lipinski definition) is 7. The van der Waals surface area contributed by atoms with E-state index in [0.29, 0.717) is 29.2 Å². The van der Waals surface area contributed by atoms with Gasteiger partial charge in [-0.25, -0.2) is 5.01 Å². The molecule has 8 heteroatoms. The Morgan fingerprint density at radius 1 is 1.06 bits per heavy atom. The molecule has 1 unspecified atom stereocenters. The van der Waals surface area contributed by atoms with Crippen molar-refractivity contribution in [2.75, 3.05) is 20.8 Å². The fraction of sp³-hybridized carbons (Fsp3) is 0.240. The van der Waals surface area contributed by atoms with Gasteiger partial charge in [0.25, 0.3) is 5.91 Å². The molecule has 0 bridgehead atoms. The molecular weight excluding hydrogens is 440 g/mol. The number of hydrazone groups is 1. The van der Waals surface area contributed by atoms with Crippen LogP contribution in [0.1, 0.15) is 40.2 Å². The Hall–Kier alpha value is -3.65. The molecule has 0 aliphatic carbocycles. The first-order valence-electron chi connectivity index (χ1n) is 10.4. The smallest absolute Gasteiger partial charge is 0.281 e. The molecule has 3 aromatic rings. The van der Waals surface area contributed by atoms with Gasteiger partial charge in [0.15, 0.2) is 23.9 Å². The summed E-state index contributed by atoms with van der Waals surface area (Å²) in [7, 11) is 3.17. The third kappa shape index (κ3) is 4.90. The normalized spacial score (nSPS) is 15.2. The predicted molar refractivity (Wildman–Crippen MR) is 127 cm³/mol. The molecule has 0 saturated carbocycles. The predicted octanol–water partition coefficient (Wildman–Crippen LogP) is 4.72. The minimum absolute atomic E-state index is 0.0251. The third-order valence-corrected chi connectivity index (χ3v) is 6.31. The highest BCUT2D eigenvalue weighted by molar-refractivity contribution is 7.12. The van der Waals surface area contributed by atoms with Crippen LogP contribution in [0.25, 0.3) is 0 Å². The maximum absolute atomic E-state index is 13.2. The summed E-state index contributed by atoms with van der Waals surface area (Å²) in [5.74, 6) is 1.43. The molecular formula is C25H24N2O5S. The van der Waals surface area contributed by atoms with E-state index >= 15 is 0 Å². The molecule has 33 heavy (non-hydrogen) atoms. The summed E-state index contributed by atoms with van der Waals surface area (Å²) in [4.78, 5) is 25.6. The summed E-state index contributed by atoms with van der Waals surface area (Å²) >= 11 is 1.59. The summed E-state index contributed by atoms with van der Waals surface area (Å²) in [6.07, 6.45) is 0.578. The van der Waals surface area contributed by atoms with Gasteiger partial charge in [-0.15, -0.1) is 11.3 Å². The minimum atomic E-state index is -0.293. The van der Waals surface area contributed by atoms with E-state index in [9.17, 15) is 9.59 Å². The molecule has 4 rings (SSSR count). The largest absolute Gasteiger partial charge is 0.493 e. The van der Waals surface area contributed by atoms with E-state index < -0.39 is 0 Å². The number of nitrogens with zero attached hydrogens (tertiary/aromatic N) is 2. The van der Waals surface area contributed by atoms with Crippen LogP contribution in [0.4, 0.5) is 0 Å². The number of benzene rings is 2.